The Morgan fingerprint density at radius 1 is 1.53 bits per heavy atom. The number of rotatable bonds is 2. The van der Waals surface area contributed by atoms with E-state index in [2.05, 4.69) is 0 Å². The fraction of sp³-hybridized carbons (Fsp3) is 0.400. The van der Waals surface area contributed by atoms with Crippen LogP contribution in [-0.2, 0) is 21.2 Å². The van der Waals surface area contributed by atoms with Gasteiger partial charge in [0.25, 0.3) is 0 Å². The Morgan fingerprint density at radius 2 is 2.27 bits per heavy atom. The van der Waals surface area contributed by atoms with E-state index >= 15 is 0 Å². The van der Waals surface area contributed by atoms with E-state index in [9.17, 15) is 8.42 Å². The van der Waals surface area contributed by atoms with E-state index in [1.165, 1.54) is 0 Å². The van der Waals surface area contributed by atoms with Crippen LogP contribution >= 0.6 is 10.7 Å². The first-order valence-corrected chi connectivity index (χ1v) is 7.13. The zero-order valence-electron chi connectivity index (χ0n) is 8.23. The smallest absolute Gasteiger partial charge is 0.236 e. The topological polar surface area (TPSA) is 43.4 Å². The molecule has 0 saturated heterocycles. The van der Waals surface area contributed by atoms with E-state index in [0.717, 1.165) is 12.0 Å². The van der Waals surface area contributed by atoms with Crippen LogP contribution in [0.25, 0.3) is 0 Å². The third kappa shape index (κ3) is 2.44. The number of hydrogen-bond acceptors (Lipinski definition) is 3. The zero-order chi connectivity index (χ0) is 11.1. The van der Waals surface area contributed by atoms with Crippen LogP contribution < -0.4 is 4.74 Å². The second-order valence-corrected chi connectivity index (χ2v) is 6.50. The Bertz CT molecular complexity index is 481. The van der Waals surface area contributed by atoms with Gasteiger partial charge in [0.15, 0.2) is 0 Å². The first kappa shape index (κ1) is 10.8. The molecule has 3 nitrogen and oxygen atoms in total. The average molecular weight is 247 g/mol. The molecule has 0 fully saturated rings. The van der Waals surface area contributed by atoms with Gasteiger partial charge in [-0.05, 0) is 12.5 Å². The van der Waals surface area contributed by atoms with Crippen molar-refractivity contribution in [1.29, 1.82) is 0 Å². The monoisotopic (exact) mass is 246 g/mol. The minimum atomic E-state index is -3.52. The van der Waals surface area contributed by atoms with Gasteiger partial charge in [0, 0.05) is 22.7 Å². The molecule has 1 aliphatic rings. The lowest BCUT2D eigenvalue weighted by Crippen LogP contribution is -2.06. The maximum absolute atomic E-state index is 11.0. The van der Waals surface area contributed by atoms with Crippen LogP contribution in [0.3, 0.4) is 0 Å². The number of para-hydroxylation sites is 1. The molecule has 1 unspecified atom stereocenters. The summed E-state index contributed by atoms with van der Waals surface area (Å²) in [4.78, 5) is 0. The van der Waals surface area contributed by atoms with Crippen molar-refractivity contribution in [2.45, 2.75) is 25.2 Å². The molecule has 0 bridgehead atoms. The van der Waals surface area contributed by atoms with Crippen LogP contribution in [0.2, 0.25) is 0 Å². The lowest BCUT2D eigenvalue weighted by Gasteiger charge is -2.07. The molecule has 0 spiro atoms. The van der Waals surface area contributed by atoms with Gasteiger partial charge in [0.2, 0.25) is 9.05 Å². The second-order valence-electron chi connectivity index (χ2n) is 3.72. The van der Waals surface area contributed by atoms with Gasteiger partial charge in [-0.2, -0.15) is 0 Å². The minimum absolute atomic E-state index is 0.110. The fourth-order valence-electron chi connectivity index (χ4n) is 1.80. The van der Waals surface area contributed by atoms with Gasteiger partial charge in [0.1, 0.15) is 11.9 Å². The molecule has 0 amide bonds. The first-order chi connectivity index (χ1) is 6.96. The summed E-state index contributed by atoms with van der Waals surface area (Å²) in [6.45, 7) is 1.96. The summed E-state index contributed by atoms with van der Waals surface area (Å²) in [6, 6.07) is 5.51. The highest BCUT2D eigenvalue weighted by atomic mass is 35.7. The normalized spacial score (nSPS) is 19.7. The van der Waals surface area contributed by atoms with Gasteiger partial charge in [-0.3, -0.25) is 0 Å². The zero-order valence-corrected chi connectivity index (χ0v) is 9.81. The third-order valence-electron chi connectivity index (χ3n) is 2.33. The molecule has 82 valence electrons. The van der Waals surface area contributed by atoms with Crippen molar-refractivity contribution in [3.05, 3.63) is 29.3 Å². The van der Waals surface area contributed by atoms with E-state index < -0.39 is 9.05 Å². The molecule has 0 aliphatic carbocycles. The van der Waals surface area contributed by atoms with Crippen LogP contribution in [0.15, 0.2) is 18.2 Å². The quantitative estimate of drug-likeness (QED) is 0.751. The maximum atomic E-state index is 11.0. The van der Waals surface area contributed by atoms with Crippen molar-refractivity contribution in [2.24, 2.45) is 0 Å². The maximum Gasteiger partial charge on any atom is 0.236 e. The van der Waals surface area contributed by atoms with Gasteiger partial charge in [-0.25, -0.2) is 8.42 Å². The van der Waals surface area contributed by atoms with Gasteiger partial charge < -0.3 is 4.74 Å². The Kier molecular flexibility index (Phi) is 2.64. The molecule has 0 N–H and O–H groups in total. The molecule has 0 saturated carbocycles. The second kappa shape index (κ2) is 3.68. The fourth-order valence-corrected chi connectivity index (χ4v) is 2.75. The molecule has 5 heteroatoms. The van der Waals surface area contributed by atoms with E-state index in [0.29, 0.717) is 11.3 Å². The van der Waals surface area contributed by atoms with Crippen LogP contribution in [0, 0.1) is 0 Å². The molecule has 1 atom stereocenters. The Labute approximate surface area is 93.4 Å². The first-order valence-electron chi connectivity index (χ1n) is 4.65. The summed E-state index contributed by atoms with van der Waals surface area (Å²) >= 11 is 0. The summed E-state index contributed by atoms with van der Waals surface area (Å²) in [7, 11) is 1.70. The van der Waals surface area contributed by atoms with Gasteiger partial charge in [-0.15, -0.1) is 0 Å². The predicted molar refractivity (Wildman–Crippen MR) is 58.7 cm³/mol. The highest BCUT2D eigenvalue weighted by Crippen LogP contribution is 2.33. The Balaban J connectivity index is 2.39. The van der Waals surface area contributed by atoms with Crippen molar-refractivity contribution >= 4 is 19.7 Å². The average Bonchev–Trinajstić information content (AvgIpc) is 2.43. The number of halogens is 1. The molecular weight excluding hydrogens is 236 g/mol. The molecule has 15 heavy (non-hydrogen) atoms. The van der Waals surface area contributed by atoms with Crippen LogP contribution in [0.5, 0.6) is 5.75 Å². The van der Waals surface area contributed by atoms with Crippen molar-refractivity contribution in [3.63, 3.8) is 0 Å². The highest BCUT2D eigenvalue weighted by Gasteiger charge is 2.23. The summed E-state index contributed by atoms with van der Waals surface area (Å²) in [5, 5.41) is 0. The standard InChI is InChI=1S/C10H11ClO3S/c1-7-5-8-3-2-4-9(10(8)14-7)6-15(11,12)13/h2-4,7H,5-6H2,1H3. The SMILES string of the molecule is CC1Cc2cccc(CS(=O)(=O)Cl)c2O1. The molecule has 1 aromatic rings. The summed E-state index contributed by atoms with van der Waals surface area (Å²) in [5.41, 5.74) is 1.70. The van der Waals surface area contributed by atoms with E-state index in [1.54, 1.807) is 6.07 Å². The van der Waals surface area contributed by atoms with Crippen molar-refractivity contribution in [2.75, 3.05) is 0 Å². The highest BCUT2D eigenvalue weighted by molar-refractivity contribution is 8.13. The minimum Gasteiger partial charge on any atom is -0.490 e. The number of fused-ring (bicyclic) bond motifs is 1. The molecule has 2 rings (SSSR count). The summed E-state index contributed by atoms with van der Waals surface area (Å²) in [5.74, 6) is 0.513. The molecule has 0 aromatic heterocycles. The number of ether oxygens (including phenoxy) is 1. The third-order valence-corrected chi connectivity index (χ3v) is 3.32. The molecule has 1 aromatic carbocycles. The van der Waals surface area contributed by atoms with Crippen molar-refractivity contribution in [3.8, 4) is 5.75 Å². The van der Waals surface area contributed by atoms with Crippen molar-refractivity contribution < 1.29 is 13.2 Å². The Hall–Kier alpha value is -0.740. The molecule has 1 heterocycles. The van der Waals surface area contributed by atoms with E-state index in [4.69, 9.17) is 15.4 Å². The molecule has 0 radical (unpaired) electrons. The van der Waals surface area contributed by atoms with Crippen LogP contribution in [-0.4, -0.2) is 14.5 Å². The lowest BCUT2D eigenvalue weighted by molar-refractivity contribution is 0.253. The van der Waals surface area contributed by atoms with Crippen LogP contribution in [0.1, 0.15) is 18.1 Å². The van der Waals surface area contributed by atoms with Gasteiger partial charge >= 0.3 is 0 Å². The molecular formula is C10H11ClO3S. The Morgan fingerprint density at radius 3 is 2.93 bits per heavy atom. The predicted octanol–water partition coefficient (Wildman–Crippen LogP) is 2.08. The van der Waals surface area contributed by atoms with Gasteiger partial charge in [-0.1, -0.05) is 18.2 Å². The van der Waals surface area contributed by atoms with E-state index in [1.807, 2.05) is 19.1 Å². The van der Waals surface area contributed by atoms with Crippen LogP contribution in [0.4, 0.5) is 0 Å². The lowest BCUT2D eigenvalue weighted by atomic mass is 10.1. The summed E-state index contributed by atoms with van der Waals surface area (Å²) < 4.78 is 27.5. The molecule has 1 aliphatic heterocycles. The number of hydrogen-bond donors (Lipinski definition) is 0. The van der Waals surface area contributed by atoms with Gasteiger partial charge in [0.05, 0.1) is 5.75 Å². The summed E-state index contributed by atoms with van der Waals surface area (Å²) in [6.07, 6.45) is 0.935. The number of benzene rings is 1. The largest absolute Gasteiger partial charge is 0.490 e. The van der Waals surface area contributed by atoms with Crippen molar-refractivity contribution in [1.82, 2.24) is 0 Å². The van der Waals surface area contributed by atoms with E-state index in [-0.39, 0.29) is 11.9 Å².